The van der Waals surface area contributed by atoms with Gasteiger partial charge < -0.3 is 10.1 Å². The van der Waals surface area contributed by atoms with E-state index in [4.69, 9.17) is 4.74 Å². The lowest BCUT2D eigenvalue weighted by Gasteiger charge is -2.10. The maximum Gasteiger partial charge on any atom is 0.331 e. The number of rotatable bonds is 7. The lowest BCUT2D eigenvalue weighted by Crippen LogP contribution is -2.20. The Hall–Kier alpha value is -2.40. The molecule has 2 rings (SSSR count). The Morgan fingerprint density at radius 2 is 2.00 bits per heavy atom. The SMILES string of the molecule is CCC(C)c1ccc(NC(=O)COC(=O)/C=C/c2cccs2)cc1. The molecule has 2 aromatic rings. The highest BCUT2D eigenvalue weighted by atomic mass is 32.1. The van der Waals surface area contributed by atoms with E-state index in [2.05, 4.69) is 19.2 Å². The van der Waals surface area contributed by atoms with E-state index in [1.807, 2.05) is 41.8 Å². The van der Waals surface area contributed by atoms with Gasteiger partial charge in [-0.2, -0.15) is 0 Å². The molecular weight excluding hydrogens is 322 g/mol. The van der Waals surface area contributed by atoms with Crippen molar-refractivity contribution in [2.75, 3.05) is 11.9 Å². The number of nitrogens with one attached hydrogen (secondary N) is 1. The number of amides is 1. The summed E-state index contributed by atoms with van der Waals surface area (Å²) in [6, 6.07) is 11.5. The number of hydrogen-bond acceptors (Lipinski definition) is 4. The van der Waals surface area contributed by atoms with Gasteiger partial charge in [0.1, 0.15) is 0 Å². The van der Waals surface area contributed by atoms with Crippen LogP contribution < -0.4 is 5.32 Å². The van der Waals surface area contributed by atoms with E-state index in [1.165, 1.54) is 23.0 Å². The Bertz CT molecular complexity index is 690. The summed E-state index contributed by atoms with van der Waals surface area (Å²) in [6.07, 6.45) is 4.05. The number of carbonyl (C=O) groups is 2. The van der Waals surface area contributed by atoms with E-state index in [0.717, 1.165) is 11.3 Å². The first-order valence-electron chi connectivity index (χ1n) is 7.86. The van der Waals surface area contributed by atoms with Crippen molar-refractivity contribution in [2.45, 2.75) is 26.2 Å². The molecule has 1 N–H and O–H groups in total. The van der Waals surface area contributed by atoms with Crippen molar-refractivity contribution in [1.82, 2.24) is 0 Å². The molecule has 5 heteroatoms. The molecule has 0 spiro atoms. The van der Waals surface area contributed by atoms with Gasteiger partial charge in [0.05, 0.1) is 0 Å². The summed E-state index contributed by atoms with van der Waals surface area (Å²) in [7, 11) is 0. The van der Waals surface area contributed by atoms with Crippen molar-refractivity contribution in [2.24, 2.45) is 0 Å². The van der Waals surface area contributed by atoms with Gasteiger partial charge in [-0.25, -0.2) is 4.79 Å². The predicted octanol–water partition coefficient (Wildman–Crippen LogP) is 4.46. The molecule has 0 saturated carbocycles. The van der Waals surface area contributed by atoms with E-state index in [-0.39, 0.29) is 12.5 Å². The maximum atomic E-state index is 11.8. The number of esters is 1. The minimum atomic E-state index is -0.536. The van der Waals surface area contributed by atoms with Crippen molar-refractivity contribution in [3.05, 3.63) is 58.3 Å². The molecule has 0 aliphatic heterocycles. The quantitative estimate of drug-likeness (QED) is 0.596. The van der Waals surface area contributed by atoms with Crippen molar-refractivity contribution in [3.8, 4) is 0 Å². The molecule has 24 heavy (non-hydrogen) atoms. The molecule has 0 fully saturated rings. The van der Waals surface area contributed by atoms with Gasteiger partial charge in [0.25, 0.3) is 5.91 Å². The van der Waals surface area contributed by atoms with Gasteiger partial charge in [0.15, 0.2) is 6.61 Å². The molecular formula is C19H21NO3S. The van der Waals surface area contributed by atoms with Crippen LogP contribution in [0.2, 0.25) is 0 Å². The summed E-state index contributed by atoms with van der Waals surface area (Å²) in [4.78, 5) is 24.3. The minimum Gasteiger partial charge on any atom is -0.452 e. The Labute approximate surface area is 146 Å². The second-order valence-electron chi connectivity index (χ2n) is 5.44. The fourth-order valence-corrected chi connectivity index (χ4v) is 2.67. The molecule has 1 unspecified atom stereocenters. The van der Waals surface area contributed by atoms with Crippen molar-refractivity contribution in [1.29, 1.82) is 0 Å². The fourth-order valence-electron chi connectivity index (χ4n) is 2.05. The third-order valence-corrected chi connectivity index (χ3v) is 4.49. The van der Waals surface area contributed by atoms with E-state index in [9.17, 15) is 9.59 Å². The van der Waals surface area contributed by atoms with Gasteiger partial charge in [0.2, 0.25) is 0 Å². The first-order chi connectivity index (χ1) is 11.6. The van der Waals surface area contributed by atoms with E-state index >= 15 is 0 Å². The van der Waals surface area contributed by atoms with E-state index in [1.54, 1.807) is 6.08 Å². The summed E-state index contributed by atoms with van der Waals surface area (Å²) in [5.74, 6) is -0.402. The summed E-state index contributed by atoms with van der Waals surface area (Å²) >= 11 is 1.52. The molecule has 4 nitrogen and oxygen atoms in total. The van der Waals surface area contributed by atoms with Crippen LogP contribution >= 0.6 is 11.3 Å². The van der Waals surface area contributed by atoms with Gasteiger partial charge in [-0.3, -0.25) is 4.79 Å². The highest BCUT2D eigenvalue weighted by Gasteiger charge is 2.07. The molecule has 0 aliphatic carbocycles. The van der Waals surface area contributed by atoms with Gasteiger partial charge in [0, 0.05) is 16.6 Å². The lowest BCUT2D eigenvalue weighted by atomic mass is 9.99. The third-order valence-electron chi connectivity index (χ3n) is 3.65. The van der Waals surface area contributed by atoms with Crippen LogP contribution in [0.15, 0.2) is 47.9 Å². The Kier molecular flexibility index (Phi) is 6.75. The number of hydrogen-bond donors (Lipinski definition) is 1. The van der Waals surface area contributed by atoms with Crippen LogP contribution in [0.1, 0.15) is 36.6 Å². The lowest BCUT2D eigenvalue weighted by molar-refractivity contribution is -0.142. The number of benzene rings is 1. The molecule has 0 radical (unpaired) electrons. The van der Waals surface area contributed by atoms with Crippen LogP contribution in [0.25, 0.3) is 6.08 Å². The molecule has 0 saturated heterocycles. The van der Waals surface area contributed by atoms with Gasteiger partial charge in [-0.05, 0) is 47.6 Å². The summed E-state index contributed by atoms with van der Waals surface area (Å²) in [5.41, 5.74) is 1.93. The van der Waals surface area contributed by atoms with E-state index in [0.29, 0.717) is 11.6 Å². The van der Waals surface area contributed by atoms with Crippen LogP contribution in [-0.2, 0) is 14.3 Å². The topological polar surface area (TPSA) is 55.4 Å². The van der Waals surface area contributed by atoms with Crippen molar-refractivity contribution >= 4 is 35.0 Å². The van der Waals surface area contributed by atoms with Gasteiger partial charge >= 0.3 is 5.97 Å². The monoisotopic (exact) mass is 343 g/mol. The highest BCUT2D eigenvalue weighted by Crippen LogP contribution is 2.20. The number of ether oxygens (including phenoxy) is 1. The zero-order chi connectivity index (χ0) is 17.4. The normalized spacial score (nSPS) is 12.1. The molecule has 0 bridgehead atoms. The molecule has 1 atom stereocenters. The largest absolute Gasteiger partial charge is 0.452 e. The van der Waals surface area contributed by atoms with Crippen molar-refractivity contribution in [3.63, 3.8) is 0 Å². The van der Waals surface area contributed by atoms with Crippen LogP contribution in [0.4, 0.5) is 5.69 Å². The number of anilines is 1. The summed E-state index contributed by atoms with van der Waals surface area (Å²) < 4.78 is 4.92. The Morgan fingerprint density at radius 3 is 2.62 bits per heavy atom. The van der Waals surface area contributed by atoms with Crippen molar-refractivity contribution < 1.29 is 14.3 Å². The highest BCUT2D eigenvalue weighted by molar-refractivity contribution is 7.10. The van der Waals surface area contributed by atoms with Crippen LogP contribution in [0.3, 0.4) is 0 Å². The summed E-state index contributed by atoms with van der Waals surface area (Å²) in [5, 5.41) is 4.63. The smallest absolute Gasteiger partial charge is 0.331 e. The van der Waals surface area contributed by atoms with Crippen LogP contribution in [0.5, 0.6) is 0 Å². The van der Waals surface area contributed by atoms with Crippen LogP contribution in [-0.4, -0.2) is 18.5 Å². The first kappa shape index (κ1) is 17.9. The fraction of sp³-hybridized carbons (Fsp3) is 0.263. The first-order valence-corrected chi connectivity index (χ1v) is 8.74. The molecule has 1 aromatic carbocycles. The van der Waals surface area contributed by atoms with Crippen LogP contribution in [0, 0.1) is 0 Å². The van der Waals surface area contributed by atoms with E-state index < -0.39 is 5.97 Å². The second-order valence-corrected chi connectivity index (χ2v) is 6.42. The average molecular weight is 343 g/mol. The maximum absolute atomic E-state index is 11.8. The zero-order valence-electron chi connectivity index (χ0n) is 13.8. The molecule has 0 aliphatic rings. The molecule has 126 valence electrons. The molecule has 1 amide bonds. The third kappa shape index (κ3) is 5.66. The predicted molar refractivity (Wildman–Crippen MR) is 98.1 cm³/mol. The standard InChI is InChI=1S/C19H21NO3S/c1-3-14(2)15-6-8-16(9-7-15)20-18(21)13-23-19(22)11-10-17-5-4-12-24-17/h4-12,14H,3,13H2,1-2H3,(H,20,21)/b11-10+. The number of thiophene rings is 1. The zero-order valence-corrected chi connectivity index (χ0v) is 14.6. The Balaban J connectivity index is 1.77. The molecule has 1 aromatic heterocycles. The second kappa shape index (κ2) is 9.03. The number of carbonyl (C=O) groups excluding carboxylic acids is 2. The Morgan fingerprint density at radius 1 is 1.25 bits per heavy atom. The van der Waals surface area contributed by atoms with Gasteiger partial charge in [-0.1, -0.05) is 32.0 Å². The van der Waals surface area contributed by atoms with Gasteiger partial charge in [-0.15, -0.1) is 11.3 Å². The minimum absolute atomic E-state index is 0.305. The molecule has 1 heterocycles. The average Bonchev–Trinajstić information content (AvgIpc) is 3.11. The summed E-state index contributed by atoms with van der Waals surface area (Å²) in [6.45, 7) is 4.00.